The third-order valence-corrected chi connectivity index (χ3v) is 5.64. The Morgan fingerprint density at radius 3 is 2.62 bits per heavy atom. The predicted molar refractivity (Wildman–Crippen MR) is 81.7 cm³/mol. The van der Waals surface area contributed by atoms with Crippen molar-refractivity contribution < 1.29 is 8.42 Å². The van der Waals surface area contributed by atoms with Crippen molar-refractivity contribution in [3.8, 4) is 6.07 Å². The molecule has 1 aromatic rings. The predicted octanol–water partition coefficient (Wildman–Crippen LogP) is 1.01. The first-order chi connectivity index (χ1) is 9.94. The van der Waals surface area contributed by atoms with Gasteiger partial charge in [0.05, 0.1) is 22.3 Å². The lowest BCUT2D eigenvalue weighted by molar-refractivity contribution is 0.125. The summed E-state index contributed by atoms with van der Waals surface area (Å²) in [5.74, 6) is 0.0799. The van der Waals surface area contributed by atoms with Crippen molar-refractivity contribution >= 4 is 9.84 Å². The Labute approximate surface area is 126 Å². The summed E-state index contributed by atoms with van der Waals surface area (Å²) in [6.45, 7) is 6.49. The van der Waals surface area contributed by atoms with Gasteiger partial charge in [-0.2, -0.15) is 5.26 Å². The first kappa shape index (κ1) is 16.0. The van der Waals surface area contributed by atoms with Gasteiger partial charge in [-0.1, -0.05) is 6.07 Å². The molecule has 21 heavy (non-hydrogen) atoms. The number of hydrogen-bond donors (Lipinski definition) is 1. The zero-order valence-electron chi connectivity index (χ0n) is 12.4. The number of nitriles is 1. The normalized spacial score (nSPS) is 23.7. The van der Waals surface area contributed by atoms with Crippen LogP contribution in [0.4, 0.5) is 0 Å². The molecule has 1 saturated heterocycles. The smallest absolute Gasteiger partial charge is 0.179 e. The van der Waals surface area contributed by atoms with Crippen molar-refractivity contribution in [2.24, 2.45) is 0 Å². The molecule has 0 aliphatic carbocycles. The number of sulfone groups is 1. The third-order valence-electron chi connectivity index (χ3n) is 3.95. The van der Waals surface area contributed by atoms with E-state index in [2.05, 4.69) is 24.1 Å². The molecule has 1 heterocycles. The molecule has 1 fully saturated rings. The second-order valence-corrected chi connectivity index (χ2v) is 7.66. The minimum absolute atomic E-state index is 0.0799. The van der Waals surface area contributed by atoms with Crippen LogP contribution in [0.1, 0.15) is 19.4 Å². The second-order valence-electron chi connectivity index (χ2n) is 5.55. The molecule has 0 spiro atoms. The molecular formula is C15H21N3O2S. The van der Waals surface area contributed by atoms with Gasteiger partial charge in [0.15, 0.2) is 9.84 Å². The lowest BCUT2D eigenvalue weighted by Gasteiger charge is -2.39. The van der Waals surface area contributed by atoms with Crippen molar-refractivity contribution in [3.63, 3.8) is 0 Å². The van der Waals surface area contributed by atoms with Crippen molar-refractivity contribution in [2.45, 2.75) is 30.8 Å². The molecule has 2 atom stereocenters. The van der Waals surface area contributed by atoms with Gasteiger partial charge in [-0.05, 0) is 32.0 Å². The Hall–Kier alpha value is -1.42. The highest BCUT2D eigenvalue weighted by molar-refractivity contribution is 7.91. The van der Waals surface area contributed by atoms with Crippen molar-refractivity contribution in [1.82, 2.24) is 10.2 Å². The quantitative estimate of drug-likeness (QED) is 0.899. The van der Waals surface area contributed by atoms with Gasteiger partial charge in [-0.15, -0.1) is 0 Å². The minimum atomic E-state index is -3.35. The Morgan fingerprint density at radius 2 is 2.00 bits per heavy atom. The molecule has 2 rings (SSSR count). The van der Waals surface area contributed by atoms with Crippen LogP contribution in [-0.4, -0.2) is 50.8 Å². The lowest BCUT2D eigenvalue weighted by atomic mass is 10.1. The van der Waals surface area contributed by atoms with E-state index in [0.717, 1.165) is 13.1 Å². The van der Waals surface area contributed by atoms with Gasteiger partial charge in [-0.3, -0.25) is 4.90 Å². The van der Waals surface area contributed by atoms with Gasteiger partial charge in [-0.25, -0.2) is 8.42 Å². The molecule has 1 aromatic carbocycles. The molecule has 1 aliphatic heterocycles. The van der Waals surface area contributed by atoms with Crippen LogP contribution in [0.2, 0.25) is 0 Å². The maximum absolute atomic E-state index is 12.4. The summed E-state index contributed by atoms with van der Waals surface area (Å²) < 4.78 is 24.8. The summed E-state index contributed by atoms with van der Waals surface area (Å²) in [4.78, 5) is 2.46. The molecule has 1 aliphatic rings. The third kappa shape index (κ3) is 3.82. The average molecular weight is 307 g/mol. The van der Waals surface area contributed by atoms with E-state index < -0.39 is 9.84 Å². The van der Waals surface area contributed by atoms with Gasteiger partial charge in [0, 0.05) is 31.7 Å². The Kier molecular flexibility index (Phi) is 4.99. The van der Waals surface area contributed by atoms with E-state index in [4.69, 9.17) is 5.26 Å². The standard InChI is InChI=1S/C15H21N3O2S/c1-12-10-17-11-13(2)18(12)6-7-21(19,20)15-5-3-4-14(8-15)9-16/h3-5,8,12-13,17H,6-7,10-11H2,1-2H3. The average Bonchev–Trinajstić information content (AvgIpc) is 2.47. The van der Waals surface area contributed by atoms with Crippen LogP contribution in [0.25, 0.3) is 0 Å². The SMILES string of the molecule is CC1CNCC(C)N1CCS(=O)(=O)c1cccc(C#N)c1. The number of rotatable bonds is 4. The van der Waals surface area contributed by atoms with Crippen molar-refractivity contribution in [1.29, 1.82) is 5.26 Å². The fraction of sp³-hybridized carbons (Fsp3) is 0.533. The topological polar surface area (TPSA) is 73.2 Å². The maximum atomic E-state index is 12.4. The first-order valence-electron chi connectivity index (χ1n) is 7.13. The largest absolute Gasteiger partial charge is 0.314 e. The van der Waals surface area contributed by atoms with Crippen LogP contribution in [0.5, 0.6) is 0 Å². The van der Waals surface area contributed by atoms with E-state index in [0.29, 0.717) is 24.2 Å². The molecule has 0 saturated carbocycles. The molecule has 2 unspecified atom stereocenters. The highest BCUT2D eigenvalue weighted by Crippen LogP contribution is 2.15. The highest BCUT2D eigenvalue weighted by atomic mass is 32.2. The number of piperazine rings is 1. The van der Waals surface area contributed by atoms with Gasteiger partial charge >= 0.3 is 0 Å². The number of benzene rings is 1. The van der Waals surface area contributed by atoms with Crippen molar-refractivity contribution in [3.05, 3.63) is 29.8 Å². The zero-order chi connectivity index (χ0) is 15.5. The van der Waals surface area contributed by atoms with Gasteiger partial charge in [0.1, 0.15) is 0 Å². The monoisotopic (exact) mass is 307 g/mol. The van der Waals surface area contributed by atoms with Crippen LogP contribution >= 0.6 is 0 Å². The Bertz CT molecular complexity index is 627. The number of nitrogens with zero attached hydrogens (tertiary/aromatic N) is 2. The summed E-state index contributed by atoms with van der Waals surface area (Å²) in [5, 5.41) is 12.2. The molecule has 5 nitrogen and oxygen atoms in total. The van der Waals surface area contributed by atoms with Crippen LogP contribution in [0.15, 0.2) is 29.2 Å². The Morgan fingerprint density at radius 1 is 1.33 bits per heavy atom. The summed E-state index contributed by atoms with van der Waals surface area (Å²) in [6.07, 6.45) is 0. The molecule has 1 N–H and O–H groups in total. The molecule has 0 radical (unpaired) electrons. The molecular weight excluding hydrogens is 286 g/mol. The first-order valence-corrected chi connectivity index (χ1v) is 8.78. The molecule has 114 valence electrons. The maximum Gasteiger partial charge on any atom is 0.179 e. The Balaban J connectivity index is 2.09. The van der Waals surface area contributed by atoms with Crippen LogP contribution in [-0.2, 0) is 9.84 Å². The van der Waals surface area contributed by atoms with Crippen molar-refractivity contribution in [2.75, 3.05) is 25.4 Å². The summed E-state index contributed by atoms with van der Waals surface area (Å²) in [5.41, 5.74) is 0.375. The summed E-state index contributed by atoms with van der Waals surface area (Å²) in [7, 11) is -3.35. The number of hydrogen-bond acceptors (Lipinski definition) is 5. The van der Waals surface area contributed by atoms with E-state index in [1.54, 1.807) is 18.2 Å². The van der Waals surface area contributed by atoms with Gasteiger partial charge in [0.25, 0.3) is 0 Å². The number of nitrogens with one attached hydrogen (secondary N) is 1. The van der Waals surface area contributed by atoms with E-state index in [-0.39, 0.29) is 10.6 Å². The van der Waals surface area contributed by atoms with Crippen LogP contribution < -0.4 is 5.32 Å². The van der Waals surface area contributed by atoms with E-state index >= 15 is 0 Å². The van der Waals surface area contributed by atoms with E-state index in [1.807, 2.05) is 6.07 Å². The summed E-state index contributed by atoms with van der Waals surface area (Å²) >= 11 is 0. The zero-order valence-corrected chi connectivity index (χ0v) is 13.2. The summed E-state index contributed by atoms with van der Waals surface area (Å²) in [6, 6.07) is 8.86. The van der Waals surface area contributed by atoms with E-state index in [1.165, 1.54) is 6.07 Å². The fourth-order valence-electron chi connectivity index (χ4n) is 2.71. The van der Waals surface area contributed by atoms with E-state index in [9.17, 15) is 8.42 Å². The van der Waals surface area contributed by atoms with Crippen LogP contribution in [0.3, 0.4) is 0 Å². The molecule has 0 amide bonds. The molecule has 0 aromatic heterocycles. The molecule has 6 heteroatoms. The highest BCUT2D eigenvalue weighted by Gasteiger charge is 2.26. The van der Waals surface area contributed by atoms with Crippen LogP contribution in [0, 0.1) is 11.3 Å². The molecule has 0 bridgehead atoms. The second kappa shape index (κ2) is 6.56. The lowest BCUT2D eigenvalue weighted by Crippen LogP contribution is -2.56. The van der Waals surface area contributed by atoms with Gasteiger partial charge < -0.3 is 5.32 Å². The van der Waals surface area contributed by atoms with Gasteiger partial charge in [0.2, 0.25) is 0 Å². The minimum Gasteiger partial charge on any atom is -0.314 e. The fourth-order valence-corrected chi connectivity index (χ4v) is 3.99.